The molecule has 0 saturated carbocycles. The molecule has 0 atom stereocenters. The number of hydrogen-bond donors (Lipinski definition) is 2. The van der Waals surface area contributed by atoms with Crippen molar-refractivity contribution in [3.63, 3.8) is 0 Å². The predicted octanol–water partition coefficient (Wildman–Crippen LogP) is 5.00. The van der Waals surface area contributed by atoms with Crippen LogP contribution in [-0.2, 0) is 17.8 Å². The van der Waals surface area contributed by atoms with Crippen LogP contribution < -0.4 is 20.1 Å². The smallest absolute Gasteiger partial charge is 0.246 e. The third kappa shape index (κ3) is 6.49. The highest BCUT2D eigenvalue weighted by atomic mass is 16.5. The largest absolute Gasteiger partial charge is 0.490 e. The van der Waals surface area contributed by atoms with Crippen molar-refractivity contribution in [3.05, 3.63) is 89.0 Å². The Kier molecular flexibility index (Phi) is 8.52. The molecule has 3 aromatic carbocycles. The van der Waals surface area contributed by atoms with Crippen LogP contribution in [-0.4, -0.2) is 37.9 Å². The van der Waals surface area contributed by atoms with Crippen molar-refractivity contribution in [1.82, 2.24) is 5.32 Å². The summed E-state index contributed by atoms with van der Waals surface area (Å²) in [6, 6.07) is 22.7. The molecule has 0 bridgehead atoms. The van der Waals surface area contributed by atoms with E-state index in [1.54, 1.807) is 0 Å². The molecule has 1 aliphatic rings. The third-order valence-corrected chi connectivity index (χ3v) is 5.81. The van der Waals surface area contributed by atoms with Gasteiger partial charge in [-0.2, -0.15) is 0 Å². The number of amides is 1. The zero-order chi connectivity index (χ0) is 24.5. The summed E-state index contributed by atoms with van der Waals surface area (Å²) in [4.78, 5) is 17.0. The lowest BCUT2D eigenvalue weighted by Crippen LogP contribution is -2.15. The Hall–Kier alpha value is -3.64. The number of aryl methyl sites for hydroxylation is 1. The number of aliphatic imine (C=N–C) groups is 1. The van der Waals surface area contributed by atoms with Gasteiger partial charge in [0, 0.05) is 23.7 Å². The average Bonchev–Trinajstić information content (AvgIpc) is 3.03. The fraction of sp³-hybridized carbons (Fsp3) is 0.310. The molecular weight excluding hydrogens is 438 g/mol. The van der Waals surface area contributed by atoms with Crippen molar-refractivity contribution in [1.29, 1.82) is 0 Å². The number of nitrogens with one attached hydrogen (secondary N) is 2. The Labute approximate surface area is 207 Å². The maximum absolute atomic E-state index is 12.3. The summed E-state index contributed by atoms with van der Waals surface area (Å²) in [6.07, 6.45) is 2.06. The minimum atomic E-state index is -0.146. The standard InChI is InChI=1S/C29H33N3O3/c1-3-34-26-17-24-25(18-27(26)35-4-2)32-28(33)20-31-29(24)23-14-12-21(13-15-23)11-8-16-30-19-22-9-6-5-7-10-22/h5-7,9-10,12-15,17-18,30H,3-4,8,11,16,19-20H2,1-2H3,(H,32,33). The van der Waals surface area contributed by atoms with Gasteiger partial charge in [0.25, 0.3) is 0 Å². The van der Waals surface area contributed by atoms with E-state index in [0.29, 0.717) is 30.4 Å². The average molecular weight is 472 g/mol. The van der Waals surface area contributed by atoms with E-state index < -0.39 is 0 Å². The van der Waals surface area contributed by atoms with Crippen molar-refractivity contribution < 1.29 is 14.3 Å². The predicted molar refractivity (Wildman–Crippen MR) is 141 cm³/mol. The fourth-order valence-electron chi connectivity index (χ4n) is 4.14. The number of nitrogens with zero attached hydrogens (tertiary/aromatic N) is 1. The molecule has 0 saturated heterocycles. The minimum absolute atomic E-state index is 0.0762. The van der Waals surface area contributed by atoms with Gasteiger partial charge < -0.3 is 20.1 Å². The van der Waals surface area contributed by atoms with E-state index in [1.807, 2.05) is 32.0 Å². The van der Waals surface area contributed by atoms with E-state index in [9.17, 15) is 4.79 Å². The van der Waals surface area contributed by atoms with Gasteiger partial charge in [0.15, 0.2) is 11.5 Å². The number of carbonyl (C=O) groups is 1. The molecule has 1 amide bonds. The monoisotopic (exact) mass is 471 g/mol. The number of rotatable bonds is 11. The van der Waals surface area contributed by atoms with E-state index in [2.05, 4.69) is 64.2 Å². The van der Waals surface area contributed by atoms with Crippen LogP contribution in [0.5, 0.6) is 11.5 Å². The van der Waals surface area contributed by atoms with Crippen LogP contribution in [0.3, 0.4) is 0 Å². The maximum Gasteiger partial charge on any atom is 0.246 e. The van der Waals surface area contributed by atoms with Crippen LogP contribution in [0.25, 0.3) is 0 Å². The second-order valence-corrected chi connectivity index (χ2v) is 8.39. The number of fused-ring (bicyclic) bond motifs is 1. The number of hydrogen-bond acceptors (Lipinski definition) is 5. The molecule has 0 aromatic heterocycles. The SMILES string of the molecule is CCOc1cc2c(cc1OCC)C(c1ccc(CCCNCc3ccccc3)cc1)=NCC(=O)N2. The van der Waals surface area contributed by atoms with Crippen LogP contribution in [0.2, 0.25) is 0 Å². The lowest BCUT2D eigenvalue weighted by molar-refractivity contribution is -0.114. The number of benzene rings is 3. The van der Waals surface area contributed by atoms with Crippen molar-refractivity contribution in [3.8, 4) is 11.5 Å². The molecule has 4 rings (SSSR count). The Balaban J connectivity index is 1.45. The lowest BCUT2D eigenvalue weighted by atomic mass is 9.98. The summed E-state index contributed by atoms with van der Waals surface area (Å²) in [6.45, 7) is 6.83. The highest BCUT2D eigenvalue weighted by Gasteiger charge is 2.21. The van der Waals surface area contributed by atoms with Crippen molar-refractivity contribution in [2.24, 2.45) is 4.99 Å². The molecule has 1 aliphatic heterocycles. The van der Waals surface area contributed by atoms with Gasteiger partial charge in [-0.15, -0.1) is 0 Å². The number of anilines is 1. The Morgan fingerprint density at radius 2 is 1.63 bits per heavy atom. The van der Waals surface area contributed by atoms with Gasteiger partial charge >= 0.3 is 0 Å². The first-order valence-corrected chi connectivity index (χ1v) is 12.3. The summed E-state index contributed by atoms with van der Waals surface area (Å²) < 4.78 is 11.6. The van der Waals surface area contributed by atoms with Gasteiger partial charge in [-0.05, 0) is 50.4 Å². The van der Waals surface area contributed by atoms with E-state index in [-0.39, 0.29) is 12.5 Å². The van der Waals surface area contributed by atoms with Gasteiger partial charge in [-0.25, -0.2) is 0 Å². The molecule has 3 aromatic rings. The molecule has 182 valence electrons. The van der Waals surface area contributed by atoms with Crippen molar-refractivity contribution in [2.75, 3.05) is 31.6 Å². The topological polar surface area (TPSA) is 72.0 Å². The zero-order valence-electron chi connectivity index (χ0n) is 20.5. The van der Waals surface area contributed by atoms with E-state index in [4.69, 9.17) is 9.47 Å². The number of ether oxygens (including phenoxy) is 2. The van der Waals surface area contributed by atoms with Gasteiger partial charge in [0.2, 0.25) is 5.91 Å². The first-order valence-electron chi connectivity index (χ1n) is 12.3. The van der Waals surface area contributed by atoms with Crippen LogP contribution in [0.15, 0.2) is 71.7 Å². The molecule has 0 radical (unpaired) electrons. The summed E-state index contributed by atoms with van der Waals surface area (Å²) in [5.41, 5.74) is 5.85. The molecular formula is C29H33N3O3. The first-order chi connectivity index (χ1) is 17.2. The van der Waals surface area contributed by atoms with Crippen LogP contribution in [0, 0.1) is 0 Å². The Morgan fingerprint density at radius 3 is 2.34 bits per heavy atom. The summed E-state index contributed by atoms with van der Waals surface area (Å²) in [5, 5.41) is 6.46. The van der Waals surface area contributed by atoms with Crippen LogP contribution in [0.4, 0.5) is 5.69 Å². The highest BCUT2D eigenvalue weighted by molar-refractivity contribution is 6.19. The lowest BCUT2D eigenvalue weighted by Gasteiger charge is -2.17. The van der Waals surface area contributed by atoms with Gasteiger partial charge in [-0.1, -0.05) is 54.6 Å². The molecule has 6 heteroatoms. The summed E-state index contributed by atoms with van der Waals surface area (Å²) >= 11 is 0. The second-order valence-electron chi connectivity index (χ2n) is 8.39. The van der Waals surface area contributed by atoms with E-state index in [1.165, 1.54) is 11.1 Å². The molecule has 35 heavy (non-hydrogen) atoms. The normalized spacial score (nSPS) is 12.9. The third-order valence-electron chi connectivity index (χ3n) is 5.81. The zero-order valence-corrected chi connectivity index (χ0v) is 20.5. The van der Waals surface area contributed by atoms with Crippen LogP contribution in [0.1, 0.15) is 42.5 Å². The minimum Gasteiger partial charge on any atom is -0.490 e. The molecule has 0 aliphatic carbocycles. The second kappa shape index (κ2) is 12.2. The number of benzodiazepines with no additional fused rings is 1. The molecule has 0 unspecified atom stereocenters. The summed E-state index contributed by atoms with van der Waals surface area (Å²) in [5.74, 6) is 1.12. The van der Waals surface area contributed by atoms with Gasteiger partial charge in [-0.3, -0.25) is 9.79 Å². The van der Waals surface area contributed by atoms with Crippen molar-refractivity contribution in [2.45, 2.75) is 33.2 Å². The first kappa shape index (κ1) is 24.5. The van der Waals surface area contributed by atoms with Crippen LogP contribution >= 0.6 is 0 Å². The highest BCUT2D eigenvalue weighted by Crippen LogP contribution is 2.36. The Bertz CT molecular complexity index is 1160. The van der Waals surface area contributed by atoms with E-state index in [0.717, 1.165) is 42.8 Å². The van der Waals surface area contributed by atoms with Gasteiger partial charge in [0.1, 0.15) is 6.54 Å². The molecule has 1 heterocycles. The molecule has 0 spiro atoms. The molecule has 6 nitrogen and oxygen atoms in total. The van der Waals surface area contributed by atoms with Crippen molar-refractivity contribution >= 4 is 17.3 Å². The molecule has 2 N–H and O–H groups in total. The quantitative estimate of drug-likeness (QED) is 0.386. The fourth-order valence-corrected chi connectivity index (χ4v) is 4.14. The van der Waals surface area contributed by atoms with E-state index >= 15 is 0 Å². The maximum atomic E-state index is 12.3. The Morgan fingerprint density at radius 1 is 0.914 bits per heavy atom. The van der Waals surface area contributed by atoms with Gasteiger partial charge in [0.05, 0.1) is 24.6 Å². The summed E-state index contributed by atoms with van der Waals surface area (Å²) in [7, 11) is 0. The molecule has 0 fully saturated rings. The number of carbonyl (C=O) groups excluding carboxylic acids is 1.